The van der Waals surface area contributed by atoms with Crippen LogP contribution in [-0.2, 0) is 13.1 Å². The van der Waals surface area contributed by atoms with Crippen molar-refractivity contribution < 1.29 is 5.11 Å². The van der Waals surface area contributed by atoms with E-state index in [-0.39, 0.29) is 12.1 Å². The predicted molar refractivity (Wildman–Crippen MR) is 72.2 cm³/mol. The standard InChI is InChI=1S/C14H25N3O/c1-3-17-13(6-9-16-17)10-15-14(11-18)7-4-12(2)5-8-14/h6,9,12,15,18H,3-5,7-8,10-11H2,1-2H3. The molecule has 0 aromatic carbocycles. The molecule has 1 aliphatic carbocycles. The summed E-state index contributed by atoms with van der Waals surface area (Å²) in [7, 11) is 0. The van der Waals surface area contributed by atoms with Crippen molar-refractivity contribution in [2.24, 2.45) is 5.92 Å². The molecule has 2 rings (SSSR count). The molecule has 2 N–H and O–H groups in total. The molecule has 0 bridgehead atoms. The summed E-state index contributed by atoms with van der Waals surface area (Å²) in [6.07, 6.45) is 6.41. The van der Waals surface area contributed by atoms with Crippen molar-refractivity contribution >= 4 is 0 Å². The number of aryl methyl sites for hydroxylation is 1. The van der Waals surface area contributed by atoms with E-state index in [4.69, 9.17) is 0 Å². The predicted octanol–water partition coefficient (Wildman–Crippen LogP) is 1.93. The van der Waals surface area contributed by atoms with Gasteiger partial charge in [-0.2, -0.15) is 5.10 Å². The van der Waals surface area contributed by atoms with Gasteiger partial charge >= 0.3 is 0 Å². The zero-order valence-corrected chi connectivity index (χ0v) is 11.5. The van der Waals surface area contributed by atoms with Crippen LogP contribution in [0.5, 0.6) is 0 Å². The summed E-state index contributed by atoms with van der Waals surface area (Å²) in [5, 5.41) is 17.5. The van der Waals surface area contributed by atoms with E-state index < -0.39 is 0 Å². The Kier molecular flexibility index (Phi) is 4.40. The third-order valence-electron chi connectivity index (χ3n) is 4.28. The summed E-state index contributed by atoms with van der Waals surface area (Å²) in [5.41, 5.74) is 1.12. The maximum Gasteiger partial charge on any atom is 0.0613 e. The van der Waals surface area contributed by atoms with Crippen LogP contribution in [-0.4, -0.2) is 27.0 Å². The van der Waals surface area contributed by atoms with E-state index in [9.17, 15) is 5.11 Å². The van der Waals surface area contributed by atoms with Crippen molar-refractivity contribution in [3.63, 3.8) is 0 Å². The van der Waals surface area contributed by atoms with Crippen LogP contribution in [0.25, 0.3) is 0 Å². The lowest BCUT2D eigenvalue weighted by Gasteiger charge is -2.39. The Morgan fingerprint density at radius 2 is 2.22 bits per heavy atom. The molecular formula is C14H25N3O. The fourth-order valence-corrected chi connectivity index (χ4v) is 2.78. The minimum absolute atomic E-state index is 0.0741. The Labute approximate surface area is 109 Å². The number of nitrogens with one attached hydrogen (secondary N) is 1. The zero-order chi connectivity index (χ0) is 13.0. The highest BCUT2D eigenvalue weighted by Crippen LogP contribution is 2.31. The van der Waals surface area contributed by atoms with Crippen LogP contribution in [0.4, 0.5) is 0 Å². The lowest BCUT2D eigenvalue weighted by atomic mass is 9.77. The maximum atomic E-state index is 9.70. The normalized spacial score (nSPS) is 28.5. The van der Waals surface area contributed by atoms with Crippen molar-refractivity contribution in [3.8, 4) is 0 Å². The SMILES string of the molecule is CCn1nccc1CNC1(CO)CCC(C)CC1. The molecule has 4 heteroatoms. The van der Waals surface area contributed by atoms with Crippen molar-refractivity contribution in [3.05, 3.63) is 18.0 Å². The van der Waals surface area contributed by atoms with Crippen LogP contribution in [0.2, 0.25) is 0 Å². The van der Waals surface area contributed by atoms with E-state index in [2.05, 4.69) is 24.3 Å². The lowest BCUT2D eigenvalue weighted by Crippen LogP contribution is -2.50. The van der Waals surface area contributed by atoms with Crippen LogP contribution >= 0.6 is 0 Å². The Morgan fingerprint density at radius 1 is 1.50 bits per heavy atom. The van der Waals surface area contributed by atoms with Gasteiger partial charge in [0.25, 0.3) is 0 Å². The summed E-state index contributed by atoms with van der Waals surface area (Å²) in [5.74, 6) is 0.799. The van der Waals surface area contributed by atoms with Crippen molar-refractivity contribution in [2.45, 2.75) is 58.2 Å². The molecule has 4 nitrogen and oxygen atoms in total. The Hall–Kier alpha value is -0.870. The average molecular weight is 251 g/mol. The van der Waals surface area contributed by atoms with E-state index in [1.165, 1.54) is 18.5 Å². The number of nitrogens with zero attached hydrogens (tertiary/aromatic N) is 2. The number of hydrogen-bond acceptors (Lipinski definition) is 3. The molecule has 1 fully saturated rings. The first-order valence-electron chi connectivity index (χ1n) is 7.05. The molecule has 18 heavy (non-hydrogen) atoms. The molecular weight excluding hydrogens is 226 g/mol. The van der Waals surface area contributed by atoms with E-state index in [0.717, 1.165) is 31.8 Å². The van der Waals surface area contributed by atoms with Gasteiger partial charge in [0.05, 0.1) is 12.3 Å². The van der Waals surface area contributed by atoms with E-state index in [1.807, 2.05) is 16.9 Å². The number of aliphatic hydroxyl groups excluding tert-OH is 1. The molecule has 1 aromatic heterocycles. The second-order valence-corrected chi connectivity index (χ2v) is 5.61. The minimum Gasteiger partial charge on any atom is -0.394 e. The molecule has 0 aliphatic heterocycles. The van der Waals surface area contributed by atoms with E-state index in [0.29, 0.717) is 0 Å². The number of rotatable bonds is 5. The Bertz CT molecular complexity index is 367. The number of hydrogen-bond donors (Lipinski definition) is 2. The Morgan fingerprint density at radius 3 is 2.83 bits per heavy atom. The quantitative estimate of drug-likeness (QED) is 0.841. The number of aliphatic hydroxyl groups is 1. The molecule has 0 spiro atoms. The smallest absolute Gasteiger partial charge is 0.0613 e. The van der Waals surface area contributed by atoms with Crippen LogP contribution < -0.4 is 5.32 Å². The summed E-state index contributed by atoms with van der Waals surface area (Å²) in [6.45, 7) is 6.32. The number of aromatic nitrogens is 2. The summed E-state index contributed by atoms with van der Waals surface area (Å²) >= 11 is 0. The third-order valence-corrected chi connectivity index (χ3v) is 4.28. The van der Waals surface area contributed by atoms with Gasteiger partial charge in [0, 0.05) is 24.8 Å². The average Bonchev–Trinajstić information content (AvgIpc) is 2.86. The molecule has 1 saturated carbocycles. The molecule has 0 amide bonds. The van der Waals surface area contributed by atoms with E-state index in [1.54, 1.807) is 0 Å². The zero-order valence-electron chi connectivity index (χ0n) is 11.5. The minimum atomic E-state index is -0.0741. The van der Waals surface area contributed by atoms with Crippen molar-refractivity contribution in [1.82, 2.24) is 15.1 Å². The topological polar surface area (TPSA) is 50.1 Å². The van der Waals surface area contributed by atoms with Gasteiger partial charge in [-0.3, -0.25) is 4.68 Å². The monoisotopic (exact) mass is 251 g/mol. The summed E-state index contributed by atoms with van der Waals surface area (Å²) in [6, 6.07) is 2.05. The first-order chi connectivity index (χ1) is 8.69. The Balaban J connectivity index is 1.95. The highest BCUT2D eigenvalue weighted by molar-refractivity contribution is 5.02. The molecule has 102 valence electrons. The molecule has 0 radical (unpaired) electrons. The van der Waals surface area contributed by atoms with Gasteiger partial charge in [-0.25, -0.2) is 0 Å². The van der Waals surface area contributed by atoms with Gasteiger partial charge in [-0.15, -0.1) is 0 Å². The fourth-order valence-electron chi connectivity index (χ4n) is 2.78. The van der Waals surface area contributed by atoms with Crippen LogP contribution in [0, 0.1) is 5.92 Å². The molecule has 1 aromatic rings. The van der Waals surface area contributed by atoms with Crippen molar-refractivity contribution in [2.75, 3.05) is 6.61 Å². The highest BCUT2D eigenvalue weighted by atomic mass is 16.3. The van der Waals surface area contributed by atoms with Gasteiger partial charge in [0.1, 0.15) is 0 Å². The van der Waals surface area contributed by atoms with Crippen LogP contribution in [0.15, 0.2) is 12.3 Å². The first-order valence-corrected chi connectivity index (χ1v) is 7.05. The van der Waals surface area contributed by atoms with Crippen LogP contribution in [0.3, 0.4) is 0 Å². The molecule has 1 aliphatic rings. The molecule has 0 atom stereocenters. The molecule has 1 heterocycles. The van der Waals surface area contributed by atoms with Gasteiger partial charge in [-0.1, -0.05) is 6.92 Å². The summed E-state index contributed by atoms with van der Waals surface area (Å²) < 4.78 is 2.00. The fraction of sp³-hybridized carbons (Fsp3) is 0.786. The van der Waals surface area contributed by atoms with Crippen LogP contribution in [0.1, 0.15) is 45.2 Å². The third kappa shape index (κ3) is 2.93. The molecule has 0 unspecified atom stereocenters. The maximum absolute atomic E-state index is 9.70. The summed E-state index contributed by atoms with van der Waals surface area (Å²) in [4.78, 5) is 0. The lowest BCUT2D eigenvalue weighted by molar-refractivity contribution is 0.103. The van der Waals surface area contributed by atoms with Gasteiger partial charge < -0.3 is 10.4 Å². The largest absolute Gasteiger partial charge is 0.394 e. The van der Waals surface area contributed by atoms with E-state index >= 15 is 0 Å². The van der Waals surface area contributed by atoms with Gasteiger partial charge in [-0.05, 0) is 44.6 Å². The first kappa shape index (κ1) is 13.6. The second-order valence-electron chi connectivity index (χ2n) is 5.61. The molecule has 0 saturated heterocycles. The van der Waals surface area contributed by atoms with Gasteiger partial charge in [0.15, 0.2) is 0 Å². The second kappa shape index (κ2) is 5.85. The van der Waals surface area contributed by atoms with Crippen molar-refractivity contribution in [1.29, 1.82) is 0 Å². The van der Waals surface area contributed by atoms with Gasteiger partial charge in [0.2, 0.25) is 0 Å². The highest BCUT2D eigenvalue weighted by Gasteiger charge is 2.33.